The van der Waals surface area contributed by atoms with Gasteiger partial charge >= 0.3 is 18.6 Å². The average molecular weight is 438 g/mol. The minimum atomic E-state index is -1.80. The van der Waals surface area contributed by atoms with Crippen molar-refractivity contribution in [3.05, 3.63) is 0 Å². The van der Waals surface area contributed by atoms with E-state index in [9.17, 15) is 58.5 Å². The van der Waals surface area contributed by atoms with E-state index < -0.39 is 71.9 Å². The molecule has 0 unspecified atom stereocenters. The number of aliphatic carboxylic acids is 3. The molecular formula is C15H15O12V. The summed E-state index contributed by atoms with van der Waals surface area (Å²) in [6, 6.07) is 0. The van der Waals surface area contributed by atoms with Gasteiger partial charge in [0.2, 0.25) is 0 Å². The molecule has 13 heteroatoms. The van der Waals surface area contributed by atoms with E-state index >= 15 is 0 Å². The van der Waals surface area contributed by atoms with E-state index in [4.69, 9.17) is 0 Å². The molecule has 0 aliphatic rings. The Balaban J connectivity index is -0.000000152. The third kappa shape index (κ3) is 25.3. The predicted octanol–water partition coefficient (Wildman–Crippen LogP) is -5.15. The molecule has 0 saturated carbocycles. The molecule has 0 aromatic heterocycles. The summed E-state index contributed by atoms with van der Waals surface area (Å²) < 4.78 is 0. The molecule has 0 aliphatic carbocycles. The zero-order valence-corrected chi connectivity index (χ0v) is 16.4. The number of carbonyl (C=O) groups excluding carboxylic acids is 9. The zero-order chi connectivity index (χ0) is 22.3. The second kappa shape index (κ2) is 17.4. The van der Waals surface area contributed by atoms with Crippen LogP contribution in [-0.4, -0.2) is 52.6 Å². The van der Waals surface area contributed by atoms with Crippen molar-refractivity contribution < 1.29 is 77.0 Å². The monoisotopic (exact) mass is 438 g/mol. The van der Waals surface area contributed by atoms with Crippen molar-refractivity contribution >= 4 is 52.6 Å². The van der Waals surface area contributed by atoms with Crippen molar-refractivity contribution in [3.63, 3.8) is 0 Å². The predicted molar refractivity (Wildman–Crippen MR) is 75.9 cm³/mol. The number of ketones is 6. The van der Waals surface area contributed by atoms with Gasteiger partial charge in [0.1, 0.15) is 35.3 Å². The standard InChI is InChI=1S/3C5H6O4.V/c3*1-3(6)2-4(7)5(8)9;/h3*2H2,1H3,(H,8,9);/q;;;+3/p-3. The summed E-state index contributed by atoms with van der Waals surface area (Å²) >= 11 is 0. The van der Waals surface area contributed by atoms with Crippen LogP contribution >= 0.6 is 0 Å². The van der Waals surface area contributed by atoms with E-state index in [1.54, 1.807) is 0 Å². The molecule has 28 heavy (non-hydrogen) atoms. The molecule has 0 rings (SSSR count). The summed E-state index contributed by atoms with van der Waals surface area (Å²) in [6.45, 7) is 3.42. The number of carboxylic acids is 3. The number of hydrogen-bond acceptors (Lipinski definition) is 12. The van der Waals surface area contributed by atoms with Crippen LogP contribution < -0.4 is 15.3 Å². The first-order valence-electron chi connectivity index (χ1n) is 6.82. The fourth-order valence-electron chi connectivity index (χ4n) is 0.895. The van der Waals surface area contributed by atoms with Crippen LogP contribution in [0.1, 0.15) is 40.0 Å². The summed E-state index contributed by atoms with van der Waals surface area (Å²) in [4.78, 5) is 89.2. The minimum Gasteiger partial charge on any atom is -0.542 e. The van der Waals surface area contributed by atoms with E-state index in [0.29, 0.717) is 0 Å². The van der Waals surface area contributed by atoms with Gasteiger partial charge in [-0.15, -0.1) is 0 Å². The Morgan fingerprint density at radius 1 is 0.464 bits per heavy atom. The van der Waals surface area contributed by atoms with Gasteiger partial charge in [0.25, 0.3) is 0 Å². The molecule has 152 valence electrons. The van der Waals surface area contributed by atoms with E-state index in [1.807, 2.05) is 0 Å². The van der Waals surface area contributed by atoms with Crippen LogP contribution in [0.5, 0.6) is 0 Å². The summed E-state index contributed by atoms with van der Waals surface area (Å²) in [7, 11) is 0. The Labute approximate surface area is 170 Å². The molecular weight excluding hydrogens is 423 g/mol. The molecule has 0 bridgehead atoms. The fourth-order valence-corrected chi connectivity index (χ4v) is 0.895. The Kier molecular flexibility index (Phi) is 20.3. The minimum absolute atomic E-state index is 0. The molecule has 0 N–H and O–H groups in total. The van der Waals surface area contributed by atoms with Crippen LogP contribution in [0.15, 0.2) is 0 Å². The molecule has 0 amide bonds. The van der Waals surface area contributed by atoms with Crippen LogP contribution in [0.3, 0.4) is 0 Å². The SMILES string of the molecule is CC(=O)CC(=O)C(=O)[O-].CC(=O)CC(=O)C(=O)[O-].CC(=O)CC(=O)C(=O)[O-].[V+3]. The normalized spacial score (nSPS) is 8.25. The number of rotatable bonds is 9. The molecule has 0 radical (unpaired) electrons. The van der Waals surface area contributed by atoms with Gasteiger partial charge in [-0.1, -0.05) is 0 Å². The van der Waals surface area contributed by atoms with Crippen LogP contribution in [0.2, 0.25) is 0 Å². The number of carbonyl (C=O) groups is 9. The molecule has 12 nitrogen and oxygen atoms in total. The molecule has 0 saturated heterocycles. The van der Waals surface area contributed by atoms with Gasteiger partial charge in [-0.3, -0.25) is 28.8 Å². The maximum atomic E-state index is 10.1. The quantitative estimate of drug-likeness (QED) is 0.243. The topological polar surface area (TPSA) is 223 Å². The molecule has 0 spiro atoms. The number of hydrogen-bond donors (Lipinski definition) is 0. The summed E-state index contributed by atoms with van der Waals surface area (Å²) in [5, 5.41) is 28.9. The van der Waals surface area contributed by atoms with Gasteiger partial charge in [-0.2, -0.15) is 0 Å². The number of Topliss-reactive ketones (excluding diaryl/α,β-unsaturated/α-hetero) is 6. The van der Waals surface area contributed by atoms with Crippen molar-refractivity contribution in [2.75, 3.05) is 0 Å². The fraction of sp³-hybridized carbons (Fsp3) is 0.400. The molecule has 0 aromatic carbocycles. The average Bonchev–Trinajstić information content (AvgIpc) is 2.46. The first-order valence-corrected chi connectivity index (χ1v) is 6.82. The molecule has 0 aliphatic heterocycles. The van der Waals surface area contributed by atoms with Crippen molar-refractivity contribution in [3.8, 4) is 0 Å². The van der Waals surface area contributed by atoms with Crippen LogP contribution in [-0.2, 0) is 61.7 Å². The smallest absolute Gasteiger partial charge is 0.542 e. The van der Waals surface area contributed by atoms with E-state index in [2.05, 4.69) is 0 Å². The molecule has 0 heterocycles. The van der Waals surface area contributed by atoms with Crippen molar-refractivity contribution in [2.24, 2.45) is 0 Å². The summed E-state index contributed by atoms with van der Waals surface area (Å²) in [5.41, 5.74) is 0. The Morgan fingerprint density at radius 2 is 0.607 bits per heavy atom. The van der Waals surface area contributed by atoms with Gasteiger partial charge in [-0.25, -0.2) is 0 Å². The maximum absolute atomic E-state index is 10.1. The molecule has 0 fully saturated rings. The first-order chi connectivity index (χ1) is 12.1. The van der Waals surface area contributed by atoms with Crippen molar-refractivity contribution in [2.45, 2.75) is 40.0 Å². The third-order valence-corrected chi connectivity index (χ3v) is 1.91. The number of carboxylic acid groups (broad SMARTS) is 3. The van der Waals surface area contributed by atoms with Gasteiger partial charge < -0.3 is 29.7 Å². The Hall–Kier alpha value is -2.99. The van der Waals surface area contributed by atoms with Gasteiger partial charge in [-0.05, 0) is 20.8 Å². The Bertz CT molecular complexity index is 572. The maximum Gasteiger partial charge on any atom is 3.00 e. The van der Waals surface area contributed by atoms with Crippen LogP contribution in [0.25, 0.3) is 0 Å². The largest absolute Gasteiger partial charge is 3.00 e. The van der Waals surface area contributed by atoms with Gasteiger partial charge in [0.05, 0.1) is 19.3 Å². The zero-order valence-electron chi connectivity index (χ0n) is 15.0. The van der Waals surface area contributed by atoms with E-state index in [-0.39, 0.29) is 18.6 Å². The first kappa shape index (κ1) is 32.7. The Morgan fingerprint density at radius 3 is 0.643 bits per heavy atom. The molecule has 0 aromatic rings. The van der Waals surface area contributed by atoms with Crippen LogP contribution in [0, 0.1) is 0 Å². The van der Waals surface area contributed by atoms with E-state index in [0.717, 1.165) is 20.8 Å². The molecule has 0 atom stereocenters. The summed E-state index contributed by atoms with van der Waals surface area (Å²) in [6.07, 6.45) is -1.70. The second-order valence-corrected chi connectivity index (χ2v) is 4.77. The van der Waals surface area contributed by atoms with Gasteiger partial charge in [0, 0.05) is 0 Å². The summed E-state index contributed by atoms with van der Waals surface area (Å²) in [5.74, 6) is -10.3. The van der Waals surface area contributed by atoms with Crippen molar-refractivity contribution in [1.82, 2.24) is 0 Å². The third-order valence-electron chi connectivity index (χ3n) is 1.91. The van der Waals surface area contributed by atoms with Crippen molar-refractivity contribution in [1.29, 1.82) is 0 Å². The van der Waals surface area contributed by atoms with E-state index in [1.165, 1.54) is 0 Å². The van der Waals surface area contributed by atoms with Gasteiger partial charge in [0.15, 0.2) is 17.3 Å². The van der Waals surface area contributed by atoms with Crippen LogP contribution in [0.4, 0.5) is 0 Å². The second-order valence-electron chi connectivity index (χ2n) is 4.77.